The number of amides is 1. The molecule has 0 saturated heterocycles. The van der Waals surface area contributed by atoms with Crippen LogP contribution in [-0.4, -0.2) is 20.4 Å². The molecular formula is C21H16F2N4OS. The van der Waals surface area contributed by atoms with Gasteiger partial charge in [-0.3, -0.25) is 9.78 Å². The average Bonchev–Trinajstić information content (AvgIpc) is 3.31. The van der Waals surface area contributed by atoms with Crippen molar-refractivity contribution in [3.05, 3.63) is 82.6 Å². The fourth-order valence-electron chi connectivity index (χ4n) is 3.14. The molecule has 1 aromatic carbocycles. The maximum Gasteiger partial charge on any atom is 0.250 e. The molecule has 0 spiro atoms. The second-order valence-corrected chi connectivity index (χ2v) is 7.37. The molecule has 0 atom stereocenters. The predicted octanol–water partition coefficient (Wildman–Crippen LogP) is 4.41. The van der Waals surface area contributed by atoms with Crippen LogP contribution in [0.3, 0.4) is 0 Å². The lowest BCUT2D eigenvalue weighted by Crippen LogP contribution is -2.13. The molecule has 8 heteroatoms. The highest BCUT2D eigenvalue weighted by molar-refractivity contribution is 7.13. The molecule has 0 bridgehead atoms. The molecule has 4 aromatic rings. The number of halogens is 2. The van der Waals surface area contributed by atoms with E-state index in [-0.39, 0.29) is 6.54 Å². The van der Waals surface area contributed by atoms with Gasteiger partial charge in [0.1, 0.15) is 5.01 Å². The number of aromatic nitrogens is 3. The van der Waals surface area contributed by atoms with Crippen LogP contribution in [0.25, 0.3) is 22.0 Å². The summed E-state index contributed by atoms with van der Waals surface area (Å²) in [6.45, 7) is 2.00. The number of carbonyl (C=O) groups is 1. The standard InChI is InChI=1S/C21H16F2N4OS/c1-12-15(20(24)28)8-19(27(12)10-13-4-5-16(22)17(23)7-13)18-11-29-21(26-18)14-3-2-6-25-9-14/h2-9,11H,10H2,1H3,(H2,24,28). The Kier molecular flexibility index (Phi) is 4.94. The molecule has 2 N–H and O–H groups in total. The summed E-state index contributed by atoms with van der Waals surface area (Å²) in [5.74, 6) is -2.39. The lowest BCUT2D eigenvalue weighted by Gasteiger charge is -2.11. The highest BCUT2D eigenvalue weighted by Gasteiger charge is 2.19. The number of carbonyl (C=O) groups excluding carboxylic acids is 1. The van der Waals surface area contributed by atoms with Crippen molar-refractivity contribution in [2.45, 2.75) is 13.5 Å². The molecule has 4 rings (SSSR count). The van der Waals surface area contributed by atoms with Gasteiger partial charge in [0.25, 0.3) is 5.91 Å². The van der Waals surface area contributed by atoms with Crippen molar-refractivity contribution in [1.82, 2.24) is 14.5 Å². The number of nitrogens with zero attached hydrogens (tertiary/aromatic N) is 3. The van der Waals surface area contributed by atoms with Gasteiger partial charge < -0.3 is 10.3 Å². The van der Waals surface area contributed by atoms with E-state index in [0.29, 0.717) is 28.2 Å². The molecule has 0 aliphatic carbocycles. The van der Waals surface area contributed by atoms with Crippen molar-refractivity contribution in [1.29, 1.82) is 0 Å². The number of pyridine rings is 1. The number of primary amides is 1. The van der Waals surface area contributed by atoms with Crippen LogP contribution in [0.4, 0.5) is 8.78 Å². The summed E-state index contributed by atoms with van der Waals surface area (Å²) in [4.78, 5) is 20.6. The van der Waals surface area contributed by atoms with Crippen molar-refractivity contribution in [2.75, 3.05) is 0 Å². The van der Waals surface area contributed by atoms with Gasteiger partial charge in [0, 0.05) is 35.6 Å². The SMILES string of the molecule is Cc1c(C(N)=O)cc(-c2csc(-c3cccnc3)n2)n1Cc1ccc(F)c(F)c1. The first kappa shape index (κ1) is 18.9. The van der Waals surface area contributed by atoms with E-state index < -0.39 is 17.5 Å². The van der Waals surface area contributed by atoms with Crippen LogP contribution < -0.4 is 5.73 Å². The number of nitrogens with two attached hydrogens (primary N) is 1. The third kappa shape index (κ3) is 3.66. The summed E-state index contributed by atoms with van der Waals surface area (Å²) in [6, 6.07) is 9.16. The molecule has 0 saturated carbocycles. The summed E-state index contributed by atoms with van der Waals surface area (Å²) in [5.41, 5.74) is 9.29. The fraction of sp³-hybridized carbons (Fsp3) is 0.0952. The van der Waals surface area contributed by atoms with Gasteiger partial charge in [0.15, 0.2) is 11.6 Å². The molecule has 1 amide bonds. The molecule has 0 unspecified atom stereocenters. The number of thiazole rings is 1. The van der Waals surface area contributed by atoms with Crippen LogP contribution in [0.2, 0.25) is 0 Å². The van der Waals surface area contributed by atoms with Gasteiger partial charge in [-0.15, -0.1) is 11.3 Å². The molecule has 0 radical (unpaired) electrons. The van der Waals surface area contributed by atoms with Crippen LogP contribution in [0.5, 0.6) is 0 Å². The molecule has 29 heavy (non-hydrogen) atoms. The van der Waals surface area contributed by atoms with Gasteiger partial charge in [-0.05, 0) is 42.8 Å². The quantitative estimate of drug-likeness (QED) is 0.530. The van der Waals surface area contributed by atoms with E-state index in [4.69, 9.17) is 5.73 Å². The van der Waals surface area contributed by atoms with E-state index in [1.165, 1.54) is 17.4 Å². The average molecular weight is 410 g/mol. The van der Waals surface area contributed by atoms with Crippen molar-refractivity contribution in [2.24, 2.45) is 5.73 Å². The summed E-state index contributed by atoms with van der Waals surface area (Å²) in [7, 11) is 0. The van der Waals surface area contributed by atoms with E-state index in [1.807, 2.05) is 22.1 Å². The molecule has 0 aliphatic rings. The Morgan fingerprint density at radius 2 is 2.03 bits per heavy atom. The molecule has 5 nitrogen and oxygen atoms in total. The van der Waals surface area contributed by atoms with Crippen molar-refractivity contribution >= 4 is 17.2 Å². The second kappa shape index (κ2) is 7.56. The topological polar surface area (TPSA) is 73.8 Å². The van der Waals surface area contributed by atoms with Gasteiger partial charge in [-0.25, -0.2) is 13.8 Å². The molecule has 3 heterocycles. The van der Waals surface area contributed by atoms with Gasteiger partial charge in [-0.2, -0.15) is 0 Å². The highest BCUT2D eigenvalue weighted by atomic mass is 32.1. The Morgan fingerprint density at radius 1 is 1.21 bits per heavy atom. The fourth-order valence-corrected chi connectivity index (χ4v) is 3.95. The van der Waals surface area contributed by atoms with Crippen molar-refractivity contribution in [3.8, 4) is 22.0 Å². The number of hydrogen-bond donors (Lipinski definition) is 1. The van der Waals surface area contributed by atoms with Gasteiger partial charge in [0.2, 0.25) is 0 Å². The summed E-state index contributed by atoms with van der Waals surface area (Å²) < 4.78 is 28.8. The zero-order valence-electron chi connectivity index (χ0n) is 15.4. The minimum absolute atomic E-state index is 0.241. The summed E-state index contributed by atoms with van der Waals surface area (Å²) in [6.07, 6.45) is 3.41. The Hall–Kier alpha value is -3.39. The van der Waals surface area contributed by atoms with Crippen molar-refractivity contribution in [3.63, 3.8) is 0 Å². The van der Waals surface area contributed by atoms with Crippen LogP contribution in [0, 0.1) is 18.6 Å². The molecular weight excluding hydrogens is 394 g/mol. The van der Waals surface area contributed by atoms with Crippen LogP contribution >= 0.6 is 11.3 Å². The first-order valence-electron chi connectivity index (χ1n) is 8.74. The van der Waals surface area contributed by atoms with Crippen LogP contribution in [0.1, 0.15) is 21.6 Å². The largest absolute Gasteiger partial charge is 0.366 e. The number of hydrogen-bond acceptors (Lipinski definition) is 4. The summed E-state index contributed by atoms with van der Waals surface area (Å²) in [5, 5.41) is 2.66. The van der Waals surface area contributed by atoms with E-state index in [0.717, 1.165) is 22.7 Å². The molecule has 0 fully saturated rings. The van der Waals surface area contributed by atoms with E-state index >= 15 is 0 Å². The second-order valence-electron chi connectivity index (χ2n) is 6.51. The Bertz CT molecular complexity index is 1200. The third-order valence-electron chi connectivity index (χ3n) is 4.63. The van der Waals surface area contributed by atoms with Crippen molar-refractivity contribution < 1.29 is 13.6 Å². The lowest BCUT2D eigenvalue weighted by molar-refractivity contribution is 0.0999. The normalized spacial score (nSPS) is 11.0. The maximum atomic E-state index is 13.7. The predicted molar refractivity (Wildman–Crippen MR) is 107 cm³/mol. The van der Waals surface area contributed by atoms with Gasteiger partial charge in [-0.1, -0.05) is 6.07 Å². The zero-order valence-corrected chi connectivity index (χ0v) is 16.2. The van der Waals surface area contributed by atoms with Crippen LogP contribution in [0.15, 0.2) is 54.2 Å². The highest BCUT2D eigenvalue weighted by Crippen LogP contribution is 2.31. The van der Waals surface area contributed by atoms with Gasteiger partial charge >= 0.3 is 0 Å². The Balaban J connectivity index is 1.79. The smallest absolute Gasteiger partial charge is 0.250 e. The van der Waals surface area contributed by atoms with Crippen LogP contribution in [-0.2, 0) is 6.54 Å². The lowest BCUT2D eigenvalue weighted by atomic mass is 10.2. The van der Waals surface area contributed by atoms with E-state index in [2.05, 4.69) is 9.97 Å². The zero-order chi connectivity index (χ0) is 20.5. The minimum Gasteiger partial charge on any atom is -0.366 e. The Labute approximate surface area is 169 Å². The summed E-state index contributed by atoms with van der Waals surface area (Å²) >= 11 is 1.45. The van der Waals surface area contributed by atoms with Gasteiger partial charge in [0.05, 0.1) is 17.0 Å². The first-order chi connectivity index (χ1) is 13.9. The monoisotopic (exact) mass is 410 g/mol. The first-order valence-corrected chi connectivity index (χ1v) is 9.62. The van der Waals surface area contributed by atoms with E-state index in [9.17, 15) is 13.6 Å². The molecule has 146 valence electrons. The van der Waals surface area contributed by atoms with E-state index in [1.54, 1.807) is 25.4 Å². The molecule has 0 aliphatic heterocycles. The minimum atomic E-state index is -0.920. The number of benzene rings is 1. The maximum absolute atomic E-state index is 13.7. The number of rotatable bonds is 5. The Morgan fingerprint density at radius 3 is 2.72 bits per heavy atom. The molecule has 3 aromatic heterocycles. The third-order valence-corrected chi connectivity index (χ3v) is 5.52.